The molecular formula is C19H21ClFNO. The van der Waals surface area contributed by atoms with Crippen molar-refractivity contribution < 1.29 is 9.13 Å². The van der Waals surface area contributed by atoms with Gasteiger partial charge < -0.3 is 4.74 Å². The van der Waals surface area contributed by atoms with Gasteiger partial charge in [-0.2, -0.15) is 0 Å². The number of epoxide rings is 1. The van der Waals surface area contributed by atoms with E-state index in [2.05, 4.69) is 11.1 Å². The fraction of sp³-hybridized carbons (Fsp3) is 0.526. The molecule has 2 aliphatic carbocycles. The Hall–Kier alpha value is -1.19. The zero-order chi connectivity index (χ0) is 15.9. The minimum atomic E-state index is -0.363. The van der Waals surface area contributed by atoms with Crippen LogP contribution in [0.15, 0.2) is 47.0 Å². The lowest BCUT2D eigenvalue weighted by Gasteiger charge is -2.27. The Bertz CT molecular complexity index is 657. The lowest BCUT2D eigenvalue weighted by atomic mass is 9.74. The maximum Gasteiger partial charge on any atom is 0.129 e. The second-order valence-electron chi connectivity index (χ2n) is 6.79. The molecule has 0 amide bonds. The highest BCUT2D eigenvalue weighted by Gasteiger charge is 2.63. The first-order chi connectivity index (χ1) is 11.2. The van der Waals surface area contributed by atoms with Crippen molar-refractivity contribution >= 4 is 11.6 Å². The summed E-state index contributed by atoms with van der Waals surface area (Å²) in [6, 6.07) is 4.03. The molecule has 2 nitrogen and oxygen atoms in total. The molecule has 1 fully saturated rings. The van der Waals surface area contributed by atoms with Crippen molar-refractivity contribution in [3.8, 4) is 0 Å². The zero-order valence-electron chi connectivity index (χ0n) is 13.1. The average Bonchev–Trinajstić information content (AvgIpc) is 3.33. The van der Waals surface area contributed by atoms with E-state index in [4.69, 9.17) is 16.3 Å². The van der Waals surface area contributed by atoms with Crippen LogP contribution in [0.5, 0.6) is 0 Å². The Morgan fingerprint density at radius 2 is 2.13 bits per heavy atom. The van der Waals surface area contributed by atoms with Crippen LogP contribution in [-0.4, -0.2) is 11.1 Å². The fourth-order valence-corrected chi connectivity index (χ4v) is 4.53. The van der Waals surface area contributed by atoms with E-state index in [1.807, 2.05) is 12.3 Å². The SMILES string of the molecule is FC1=CCC(C2(c3cccnc3)OC2C2=C(Cl)CCCC2)CC1. The molecule has 23 heavy (non-hydrogen) atoms. The summed E-state index contributed by atoms with van der Waals surface area (Å²) in [4.78, 5) is 4.28. The van der Waals surface area contributed by atoms with Gasteiger partial charge in [0.1, 0.15) is 11.7 Å². The molecule has 1 saturated heterocycles. The molecule has 1 aliphatic heterocycles. The molecule has 4 heteroatoms. The van der Waals surface area contributed by atoms with E-state index in [1.54, 1.807) is 12.3 Å². The molecule has 4 rings (SSSR count). The minimum absolute atomic E-state index is 0.00898. The lowest BCUT2D eigenvalue weighted by Crippen LogP contribution is -2.27. The zero-order valence-corrected chi connectivity index (χ0v) is 13.9. The maximum absolute atomic E-state index is 13.5. The molecule has 1 aromatic heterocycles. The Morgan fingerprint density at radius 3 is 2.83 bits per heavy atom. The van der Waals surface area contributed by atoms with E-state index < -0.39 is 0 Å². The van der Waals surface area contributed by atoms with Crippen molar-refractivity contribution in [1.29, 1.82) is 0 Å². The van der Waals surface area contributed by atoms with E-state index in [0.717, 1.165) is 42.7 Å². The summed E-state index contributed by atoms with van der Waals surface area (Å²) in [5, 5.41) is 0.976. The highest BCUT2D eigenvalue weighted by atomic mass is 35.5. The van der Waals surface area contributed by atoms with Crippen molar-refractivity contribution in [3.05, 3.63) is 52.6 Å². The lowest BCUT2D eigenvalue weighted by molar-refractivity contribution is 0.197. The number of allylic oxidation sites excluding steroid dienone is 3. The van der Waals surface area contributed by atoms with E-state index in [-0.39, 0.29) is 23.4 Å². The number of ether oxygens (including phenoxy) is 1. The molecule has 0 spiro atoms. The summed E-state index contributed by atoms with van der Waals surface area (Å²) in [5.41, 5.74) is 2.00. The highest BCUT2D eigenvalue weighted by molar-refractivity contribution is 6.30. The highest BCUT2D eigenvalue weighted by Crippen LogP contribution is 2.60. The van der Waals surface area contributed by atoms with Gasteiger partial charge in [0.15, 0.2) is 0 Å². The second kappa shape index (κ2) is 6.03. The van der Waals surface area contributed by atoms with Gasteiger partial charge in [0.2, 0.25) is 0 Å². The van der Waals surface area contributed by atoms with Crippen LogP contribution in [0.1, 0.15) is 50.5 Å². The van der Waals surface area contributed by atoms with Crippen LogP contribution in [0.2, 0.25) is 0 Å². The Labute approximate surface area is 141 Å². The summed E-state index contributed by atoms with van der Waals surface area (Å²) in [6.07, 6.45) is 11.8. The normalized spacial score (nSPS) is 34.3. The van der Waals surface area contributed by atoms with Crippen molar-refractivity contribution in [2.45, 2.75) is 56.7 Å². The average molecular weight is 334 g/mol. The molecule has 3 atom stereocenters. The van der Waals surface area contributed by atoms with Gasteiger partial charge in [-0.3, -0.25) is 4.98 Å². The molecule has 3 unspecified atom stereocenters. The first-order valence-corrected chi connectivity index (χ1v) is 8.90. The summed E-state index contributed by atoms with van der Waals surface area (Å²) in [5.74, 6) is 0.296. The molecule has 3 aliphatic rings. The molecule has 1 aromatic rings. The standard InChI is InChI=1S/C19H21ClFNO/c20-17-6-2-1-5-16(17)18-19(23-18,14-4-3-11-22-12-14)13-7-9-15(21)10-8-13/h3-4,9,11-13,18H,1-2,5-8,10H2. The third-order valence-electron chi connectivity index (χ3n) is 5.48. The van der Waals surface area contributed by atoms with Crippen LogP contribution >= 0.6 is 11.6 Å². The number of pyridine rings is 1. The predicted octanol–water partition coefficient (Wildman–Crippen LogP) is 5.40. The van der Waals surface area contributed by atoms with Crippen LogP contribution in [-0.2, 0) is 10.3 Å². The van der Waals surface area contributed by atoms with Crippen molar-refractivity contribution in [3.63, 3.8) is 0 Å². The van der Waals surface area contributed by atoms with Gasteiger partial charge in [0.05, 0.1) is 5.83 Å². The van der Waals surface area contributed by atoms with Crippen molar-refractivity contribution in [2.24, 2.45) is 5.92 Å². The molecule has 0 N–H and O–H groups in total. The van der Waals surface area contributed by atoms with Crippen molar-refractivity contribution in [1.82, 2.24) is 4.98 Å². The van der Waals surface area contributed by atoms with Gasteiger partial charge in [-0.15, -0.1) is 0 Å². The van der Waals surface area contributed by atoms with E-state index in [0.29, 0.717) is 6.42 Å². The third-order valence-corrected chi connectivity index (χ3v) is 5.91. The van der Waals surface area contributed by atoms with Crippen LogP contribution < -0.4 is 0 Å². The molecule has 0 radical (unpaired) electrons. The molecule has 2 heterocycles. The Kier molecular flexibility index (Phi) is 4.02. The molecule has 0 saturated carbocycles. The number of hydrogen-bond acceptors (Lipinski definition) is 2. The smallest absolute Gasteiger partial charge is 0.129 e. The quantitative estimate of drug-likeness (QED) is 0.692. The molecule has 122 valence electrons. The van der Waals surface area contributed by atoms with Crippen LogP contribution in [0, 0.1) is 5.92 Å². The topological polar surface area (TPSA) is 25.4 Å². The number of hydrogen-bond donors (Lipinski definition) is 0. The monoisotopic (exact) mass is 333 g/mol. The van der Waals surface area contributed by atoms with Gasteiger partial charge in [-0.25, -0.2) is 4.39 Å². The van der Waals surface area contributed by atoms with Crippen molar-refractivity contribution in [2.75, 3.05) is 0 Å². The van der Waals surface area contributed by atoms with Gasteiger partial charge in [-0.05, 0) is 62.5 Å². The van der Waals surface area contributed by atoms with Crippen LogP contribution in [0.4, 0.5) is 4.39 Å². The third kappa shape index (κ3) is 2.64. The summed E-state index contributed by atoms with van der Waals surface area (Å²) in [6.45, 7) is 0. The van der Waals surface area contributed by atoms with Crippen LogP contribution in [0.3, 0.4) is 0 Å². The number of nitrogens with zero attached hydrogens (tertiary/aromatic N) is 1. The Morgan fingerprint density at radius 1 is 1.26 bits per heavy atom. The number of aromatic nitrogens is 1. The van der Waals surface area contributed by atoms with E-state index in [9.17, 15) is 4.39 Å². The second-order valence-corrected chi connectivity index (χ2v) is 7.25. The summed E-state index contributed by atoms with van der Waals surface area (Å²) < 4.78 is 19.8. The number of halogens is 2. The first kappa shape index (κ1) is 15.3. The summed E-state index contributed by atoms with van der Waals surface area (Å²) in [7, 11) is 0. The fourth-order valence-electron chi connectivity index (χ4n) is 4.21. The molecular weight excluding hydrogens is 313 g/mol. The first-order valence-electron chi connectivity index (χ1n) is 8.52. The number of rotatable bonds is 3. The summed E-state index contributed by atoms with van der Waals surface area (Å²) >= 11 is 6.51. The minimum Gasteiger partial charge on any atom is -0.356 e. The van der Waals surface area contributed by atoms with Gasteiger partial charge in [-0.1, -0.05) is 23.7 Å². The van der Waals surface area contributed by atoms with Gasteiger partial charge in [0.25, 0.3) is 0 Å². The van der Waals surface area contributed by atoms with E-state index in [1.165, 1.54) is 12.0 Å². The van der Waals surface area contributed by atoms with Gasteiger partial charge in [0, 0.05) is 23.0 Å². The van der Waals surface area contributed by atoms with E-state index >= 15 is 0 Å². The van der Waals surface area contributed by atoms with Crippen LogP contribution in [0.25, 0.3) is 0 Å². The predicted molar refractivity (Wildman–Crippen MR) is 88.7 cm³/mol. The maximum atomic E-state index is 13.5. The molecule has 0 bridgehead atoms. The largest absolute Gasteiger partial charge is 0.356 e. The molecule has 0 aromatic carbocycles. The Balaban J connectivity index is 1.70. The van der Waals surface area contributed by atoms with Gasteiger partial charge >= 0.3 is 0 Å².